The van der Waals surface area contributed by atoms with Crippen LogP contribution < -0.4 is 4.90 Å². The predicted molar refractivity (Wildman–Crippen MR) is 110 cm³/mol. The number of non-ortho nitro benzene ring substituents is 1. The third-order valence-corrected chi connectivity index (χ3v) is 4.82. The van der Waals surface area contributed by atoms with Crippen molar-refractivity contribution >= 4 is 46.3 Å². The van der Waals surface area contributed by atoms with E-state index in [1.807, 2.05) is 6.92 Å². The maximum absolute atomic E-state index is 13.0. The molecule has 2 aromatic carbocycles. The lowest BCUT2D eigenvalue weighted by molar-refractivity contribution is -0.384. The van der Waals surface area contributed by atoms with E-state index < -0.39 is 22.7 Å². The van der Waals surface area contributed by atoms with Crippen LogP contribution >= 0.6 is 11.6 Å². The summed E-state index contributed by atoms with van der Waals surface area (Å²) in [6, 6.07) is 11.1. The van der Waals surface area contributed by atoms with E-state index >= 15 is 0 Å². The molecule has 0 fully saturated rings. The molecule has 0 aromatic heterocycles. The van der Waals surface area contributed by atoms with Crippen LogP contribution in [0, 0.1) is 10.1 Å². The fourth-order valence-electron chi connectivity index (χ4n) is 2.90. The van der Waals surface area contributed by atoms with Crippen LogP contribution in [0.2, 0.25) is 0 Å². The largest absolute Gasteiger partial charge is 0.462 e. The maximum Gasteiger partial charge on any atom is 0.338 e. The molecular weight excluding hydrogens is 412 g/mol. The van der Waals surface area contributed by atoms with Gasteiger partial charge >= 0.3 is 5.97 Å². The highest BCUT2D eigenvalue weighted by Gasteiger charge is 2.39. The van der Waals surface area contributed by atoms with Crippen LogP contribution in [0.25, 0.3) is 5.57 Å². The third-order valence-electron chi connectivity index (χ3n) is 4.47. The average Bonchev–Trinajstić information content (AvgIpc) is 2.96. The molecule has 2 aromatic rings. The zero-order valence-corrected chi connectivity index (χ0v) is 16.7. The summed E-state index contributed by atoms with van der Waals surface area (Å²) in [4.78, 5) is 48.9. The molecule has 0 radical (unpaired) electrons. The SMILES string of the molecule is CCCCOC(=O)c1cccc(N2C(=O)C(Cl)=C(c3ccc([N+](=O)[O-])cc3)C2=O)c1. The summed E-state index contributed by atoms with van der Waals surface area (Å²) in [5.41, 5.74) is 0.432. The topological polar surface area (TPSA) is 107 Å². The normalized spacial score (nSPS) is 13.7. The van der Waals surface area contributed by atoms with E-state index in [4.69, 9.17) is 16.3 Å². The molecule has 0 saturated carbocycles. The molecule has 0 unspecified atom stereocenters. The number of anilines is 1. The summed E-state index contributed by atoms with van der Waals surface area (Å²) < 4.78 is 5.16. The molecule has 1 aliphatic heterocycles. The first-order valence-corrected chi connectivity index (χ1v) is 9.53. The highest BCUT2D eigenvalue weighted by Crippen LogP contribution is 2.35. The number of rotatable bonds is 7. The first-order valence-electron chi connectivity index (χ1n) is 9.15. The minimum atomic E-state index is -0.744. The molecule has 1 aliphatic rings. The van der Waals surface area contributed by atoms with E-state index in [2.05, 4.69) is 0 Å². The van der Waals surface area contributed by atoms with Crippen LogP contribution in [-0.4, -0.2) is 29.3 Å². The van der Waals surface area contributed by atoms with Gasteiger partial charge in [0.15, 0.2) is 0 Å². The number of nitro benzene ring substituents is 1. The molecule has 8 nitrogen and oxygen atoms in total. The molecule has 2 amide bonds. The first-order chi connectivity index (χ1) is 14.3. The lowest BCUT2D eigenvalue weighted by atomic mass is 10.1. The van der Waals surface area contributed by atoms with Crippen molar-refractivity contribution in [3.8, 4) is 0 Å². The van der Waals surface area contributed by atoms with Gasteiger partial charge in [0, 0.05) is 12.1 Å². The molecule has 0 spiro atoms. The van der Waals surface area contributed by atoms with Crippen LogP contribution in [0.1, 0.15) is 35.7 Å². The van der Waals surface area contributed by atoms with Crippen LogP contribution in [0.4, 0.5) is 11.4 Å². The molecule has 3 rings (SSSR count). The van der Waals surface area contributed by atoms with Gasteiger partial charge < -0.3 is 4.74 Å². The predicted octanol–water partition coefficient (Wildman–Crippen LogP) is 4.08. The van der Waals surface area contributed by atoms with Gasteiger partial charge in [-0.15, -0.1) is 0 Å². The minimum Gasteiger partial charge on any atom is -0.462 e. The standard InChI is InChI=1S/C21H17ClN2O6/c1-2-3-11-30-21(27)14-5-4-6-16(12-14)23-19(25)17(18(22)20(23)26)13-7-9-15(10-8-13)24(28)29/h4-10,12H,2-3,11H2,1H3. The van der Waals surface area contributed by atoms with E-state index in [1.54, 1.807) is 0 Å². The summed E-state index contributed by atoms with van der Waals surface area (Å²) in [6.45, 7) is 2.25. The van der Waals surface area contributed by atoms with Gasteiger partial charge in [-0.3, -0.25) is 19.7 Å². The number of amides is 2. The highest BCUT2D eigenvalue weighted by molar-refractivity contribution is 6.60. The zero-order chi connectivity index (χ0) is 21.8. The molecule has 154 valence electrons. The number of nitrogens with zero attached hydrogens (tertiary/aromatic N) is 2. The van der Waals surface area contributed by atoms with Gasteiger partial charge in [0.25, 0.3) is 17.5 Å². The summed E-state index contributed by atoms with van der Waals surface area (Å²) in [5.74, 6) is -1.99. The van der Waals surface area contributed by atoms with Gasteiger partial charge in [0.1, 0.15) is 5.03 Å². The van der Waals surface area contributed by atoms with Crippen molar-refractivity contribution in [3.63, 3.8) is 0 Å². The van der Waals surface area contributed by atoms with E-state index in [0.29, 0.717) is 0 Å². The Morgan fingerprint density at radius 1 is 1.13 bits per heavy atom. The van der Waals surface area contributed by atoms with E-state index in [-0.39, 0.29) is 39.7 Å². The van der Waals surface area contributed by atoms with Gasteiger partial charge in [0.05, 0.1) is 28.4 Å². The summed E-state index contributed by atoms with van der Waals surface area (Å²) >= 11 is 6.13. The van der Waals surface area contributed by atoms with Crippen molar-refractivity contribution in [2.45, 2.75) is 19.8 Å². The Hall–Kier alpha value is -3.52. The van der Waals surface area contributed by atoms with Gasteiger partial charge in [-0.25, -0.2) is 9.69 Å². The van der Waals surface area contributed by atoms with Crippen molar-refractivity contribution in [1.82, 2.24) is 0 Å². The minimum absolute atomic E-state index is 0.0625. The molecule has 0 aliphatic carbocycles. The van der Waals surface area contributed by atoms with Gasteiger partial charge in [-0.2, -0.15) is 0 Å². The second kappa shape index (κ2) is 8.87. The Morgan fingerprint density at radius 3 is 2.47 bits per heavy atom. The lowest BCUT2D eigenvalue weighted by Gasteiger charge is -2.16. The van der Waals surface area contributed by atoms with Crippen LogP contribution in [0.5, 0.6) is 0 Å². The number of hydrogen-bond donors (Lipinski definition) is 0. The Bertz CT molecular complexity index is 1060. The smallest absolute Gasteiger partial charge is 0.338 e. The number of esters is 1. The molecule has 30 heavy (non-hydrogen) atoms. The zero-order valence-electron chi connectivity index (χ0n) is 16.0. The summed E-state index contributed by atoms with van der Waals surface area (Å²) in [5, 5.41) is 10.5. The fourth-order valence-corrected chi connectivity index (χ4v) is 3.18. The Kier molecular flexibility index (Phi) is 6.27. The fraction of sp³-hybridized carbons (Fsp3) is 0.190. The van der Waals surface area contributed by atoms with Crippen LogP contribution in [-0.2, 0) is 14.3 Å². The van der Waals surface area contributed by atoms with E-state index in [9.17, 15) is 24.5 Å². The Balaban J connectivity index is 1.88. The Labute approximate surface area is 176 Å². The van der Waals surface area contributed by atoms with Crippen molar-refractivity contribution in [2.24, 2.45) is 0 Å². The number of hydrogen-bond acceptors (Lipinski definition) is 6. The number of nitro groups is 1. The summed E-state index contributed by atoms with van der Waals surface area (Å²) in [6.07, 6.45) is 1.60. The number of imide groups is 1. The van der Waals surface area contributed by atoms with Crippen molar-refractivity contribution in [3.05, 3.63) is 74.8 Å². The second-order valence-electron chi connectivity index (χ2n) is 6.48. The number of ether oxygens (including phenoxy) is 1. The van der Waals surface area contributed by atoms with Gasteiger partial charge in [-0.05, 0) is 42.3 Å². The third kappa shape index (κ3) is 4.08. The Morgan fingerprint density at radius 2 is 1.83 bits per heavy atom. The molecular formula is C21H17ClN2O6. The van der Waals surface area contributed by atoms with Crippen molar-refractivity contribution in [1.29, 1.82) is 0 Å². The van der Waals surface area contributed by atoms with Crippen LogP contribution in [0.15, 0.2) is 53.6 Å². The van der Waals surface area contributed by atoms with Crippen LogP contribution in [0.3, 0.4) is 0 Å². The average molecular weight is 429 g/mol. The molecule has 9 heteroatoms. The lowest BCUT2D eigenvalue weighted by Crippen LogP contribution is -2.31. The maximum atomic E-state index is 13.0. The summed E-state index contributed by atoms with van der Waals surface area (Å²) in [7, 11) is 0. The number of carbonyl (C=O) groups excluding carboxylic acids is 3. The number of unbranched alkanes of at least 4 members (excludes halogenated alkanes) is 1. The number of carbonyl (C=O) groups is 3. The van der Waals surface area contributed by atoms with E-state index in [0.717, 1.165) is 17.7 Å². The van der Waals surface area contributed by atoms with Crippen molar-refractivity contribution < 1.29 is 24.0 Å². The van der Waals surface area contributed by atoms with E-state index in [1.165, 1.54) is 48.5 Å². The van der Waals surface area contributed by atoms with Gasteiger partial charge in [-0.1, -0.05) is 31.0 Å². The van der Waals surface area contributed by atoms with Gasteiger partial charge in [0.2, 0.25) is 0 Å². The molecule has 1 heterocycles. The first kappa shape index (κ1) is 21.2. The highest BCUT2D eigenvalue weighted by atomic mass is 35.5. The second-order valence-corrected chi connectivity index (χ2v) is 6.86. The monoisotopic (exact) mass is 428 g/mol. The molecule has 0 atom stereocenters. The van der Waals surface area contributed by atoms with Crippen molar-refractivity contribution in [2.75, 3.05) is 11.5 Å². The molecule has 0 bridgehead atoms. The number of benzene rings is 2. The molecule has 0 saturated heterocycles. The molecule has 0 N–H and O–H groups in total. The quantitative estimate of drug-likeness (QED) is 0.216. The number of halogens is 1.